The van der Waals surface area contributed by atoms with Crippen molar-refractivity contribution >= 4 is 15.9 Å². The lowest BCUT2D eigenvalue weighted by molar-refractivity contribution is 1.46. The van der Waals surface area contributed by atoms with Crippen molar-refractivity contribution in [1.82, 2.24) is 0 Å². The molecule has 0 radical (unpaired) electrons. The molecule has 42 valence electrons. The Morgan fingerprint density at radius 1 is 1.38 bits per heavy atom. The molecule has 0 aliphatic rings. The van der Waals surface area contributed by atoms with Crippen LogP contribution < -0.4 is 0 Å². The van der Waals surface area contributed by atoms with Crippen LogP contribution in [0.5, 0.6) is 0 Å². The second kappa shape index (κ2) is 2.31. The molecule has 0 heterocycles. The summed E-state index contributed by atoms with van der Waals surface area (Å²) >= 11 is 3.27. The number of benzene rings is 1. The lowest BCUT2D eigenvalue weighted by atomic mass is 10.2. The van der Waals surface area contributed by atoms with E-state index in [9.17, 15) is 0 Å². The Morgan fingerprint density at radius 3 is 2.50 bits per heavy atom. The smallest absolute Gasteiger partial charge is 0.0280 e. The lowest BCUT2D eigenvalue weighted by Gasteiger charge is -1.88. The predicted octanol–water partition coefficient (Wildman–Crippen LogP) is 2.76. The highest BCUT2D eigenvalue weighted by molar-refractivity contribution is 9.10. The molecular formula is C7H7Br. The van der Waals surface area contributed by atoms with Crippen molar-refractivity contribution in [2.24, 2.45) is 0 Å². The van der Waals surface area contributed by atoms with Gasteiger partial charge in [0.15, 0.2) is 0 Å². The zero-order valence-electron chi connectivity index (χ0n) is 6.26. The highest BCUT2D eigenvalue weighted by Gasteiger charge is 1.81. The molecule has 0 saturated carbocycles. The maximum atomic E-state index is 7.04. The summed E-state index contributed by atoms with van der Waals surface area (Å²) in [5.74, 6) is 0. The quantitative estimate of drug-likeness (QED) is 0.565. The van der Waals surface area contributed by atoms with Gasteiger partial charge in [-0.3, -0.25) is 0 Å². The lowest BCUT2D eigenvalue weighted by Crippen LogP contribution is -1.66. The van der Waals surface area contributed by atoms with E-state index >= 15 is 0 Å². The fourth-order valence-electron chi connectivity index (χ4n) is 0.463. The Morgan fingerprint density at radius 2 is 2.00 bits per heavy atom. The standard InChI is InChI=1S/C7H7Br/c1-6-2-4-7(8)5-3-6/h2-5H,1H3/i1D2. The van der Waals surface area contributed by atoms with Crippen molar-refractivity contribution in [2.75, 3.05) is 0 Å². The average molecular weight is 173 g/mol. The normalized spacial score (nSPS) is 13.2. The average Bonchev–Trinajstić information content (AvgIpc) is 1.88. The van der Waals surface area contributed by atoms with Crippen LogP contribution in [0.15, 0.2) is 28.7 Å². The summed E-state index contributed by atoms with van der Waals surface area (Å²) in [6.45, 7) is -0.867. The molecule has 0 aliphatic carbocycles. The Kier molecular flexibility index (Phi) is 1.06. The van der Waals surface area contributed by atoms with Crippen molar-refractivity contribution in [3.63, 3.8) is 0 Å². The minimum absolute atomic E-state index is 0.725. The third-order valence-corrected chi connectivity index (χ3v) is 1.40. The van der Waals surface area contributed by atoms with Crippen LogP contribution in [0.4, 0.5) is 0 Å². The van der Waals surface area contributed by atoms with E-state index in [4.69, 9.17) is 2.74 Å². The molecule has 0 unspecified atom stereocenters. The molecule has 0 bridgehead atoms. The van der Waals surface area contributed by atoms with Gasteiger partial charge in [0, 0.05) is 7.21 Å². The van der Waals surface area contributed by atoms with Gasteiger partial charge in [0.05, 0.1) is 0 Å². The highest BCUT2D eigenvalue weighted by atomic mass is 79.9. The number of rotatable bonds is 0. The number of hydrogen-bond acceptors (Lipinski definition) is 0. The largest absolute Gasteiger partial charge is 0.0582 e. The molecule has 0 aliphatic heterocycles. The van der Waals surface area contributed by atoms with Crippen LogP contribution in [0, 0.1) is 6.88 Å². The molecule has 0 amide bonds. The molecule has 0 nitrogen and oxygen atoms in total. The summed E-state index contributed by atoms with van der Waals surface area (Å²) in [6.07, 6.45) is 0. The van der Waals surface area contributed by atoms with Crippen LogP contribution in [-0.2, 0) is 0 Å². The summed E-state index contributed by atoms with van der Waals surface area (Å²) in [5.41, 5.74) is 0.725. The van der Waals surface area contributed by atoms with E-state index in [0.717, 1.165) is 10.0 Å². The van der Waals surface area contributed by atoms with E-state index in [1.54, 1.807) is 12.1 Å². The van der Waals surface area contributed by atoms with Crippen LogP contribution in [0.3, 0.4) is 0 Å². The highest BCUT2D eigenvalue weighted by Crippen LogP contribution is 2.08. The Balaban J connectivity index is 2.89. The first-order valence-corrected chi connectivity index (χ1v) is 3.09. The van der Waals surface area contributed by atoms with E-state index in [1.807, 2.05) is 12.1 Å². The summed E-state index contributed by atoms with van der Waals surface area (Å²) in [4.78, 5) is 0. The monoisotopic (exact) mass is 172 g/mol. The van der Waals surface area contributed by atoms with Gasteiger partial charge in [-0.25, -0.2) is 0 Å². The van der Waals surface area contributed by atoms with Crippen LogP contribution in [0.1, 0.15) is 8.30 Å². The zero-order chi connectivity index (χ0) is 7.56. The third-order valence-electron chi connectivity index (χ3n) is 0.870. The van der Waals surface area contributed by atoms with Crippen molar-refractivity contribution < 1.29 is 2.74 Å². The SMILES string of the molecule is [2H]C([2H])c1ccc(Br)cc1. The maximum Gasteiger partial charge on any atom is 0.0280 e. The second-order valence-electron chi connectivity index (χ2n) is 1.55. The minimum Gasteiger partial charge on any atom is -0.0582 e. The van der Waals surface area contributed by atoms with E-state index < -0.39 is 6.88 Å². The van der Waals surface area contributed by atoms with Gasteiger partial charge in [-0.2, -0.15) is 0 Å². The maximum absolute atomic E-state index is 7.04. The Bertz CT molecular complexity index is 205. The van der Waals surface area contributed by atoms with Crippen LogP contribution >= 0.6 is 15.9 Å². The number of halogens is 1. The first-order chi connectivity index (χ1) is 4.70. The molecule has 0 aromatic heterocycles. The summed E-state index contributed by atoms with van der Waals surface area (Å²) < 4.78 is 15.1. The van der Waals surface area contributed by atoms with E-state index in [0.29, 0.717) is 0 Å². The van der Waals surface area contributed by atoms with Crippen molar-refractivity contribution in [2.45, 2.75) is 6.88 Å². The summed E-state index contributed by atoms with van der Waals surface area (Å²) in [5, 5.41) is 0. The van der Waals surface area contributed by atoms with E-state index in [1.165, 1.54) is 0 Å². The molecule has 0 spiro atoms. The van der Waals surface area contributed by atoms with Gasteiger partial charge in [-0.05, 0) is 19.0 Å². The van der Waals surface area contributed by atoms with Crippen LogP contribution in [0.25, 0.3) is 0 Å². The fraction of sp³-hybridized carbons (Fsp3) is 0.143. The molecule has 1 rings (SSSR count). The van der Waals surface area contributed by atoms with Gasteiger partial charge in [0.1, 0.15) is 0 Å². The van der Waals surface area contributed by atoms with Crippen molar-refractivity contribution in [1.29, 1.82) is 0 Å². The number of hydrogen-bond donors (Lipinski definition) is 0. The summed E-state index contributed by atoms with van der Waals surface area (Å²) in [6, 6.07) is 7.22. The predicted molar refractivity (Wildman–Crippen MR) is 38.9 cm³/mol. The van der Waals surface area contributed by atoms with Crippen molar-refractivity contribution in [3.8, 4) is 0 Å². The Labute approximate surface area is 60.5 Å². The first-order valence-electron chi connectivity index (χ1n) is 3.45. The van der Waals surface area contributed by atoms with Gasteiger partial charge >= 0.3 is 0 Å². The summed E-state index contributed by atoms with van der Waals surface area (Å²) in [7, 11) is 0. The van der Waals surface area contributed by atoms with Crippen molar-refractivity contribution in [3.05, 3.63) is 34.3 Å². The van der Waals surface area contributed by atoms with Crippen LogP contribution in [-0.4, -0.2) is 0 Å². The van der Waals surface area contributed by atoms with Gasteiger partial charge in [0.25, 0.3) is 0 Å². The molecule has 8 heavy (non-hydrogen) atoms. The number of aryl methyl sites for hydroxylation is 1. The molecule has 1 aromatic carbocycles. The molecule has 1 aromatic rings. The fourth-order valence-corrected chi connectivity index (χ4v) is 0.727. The minimum atomic E-state index is -0.867. The Hall–Kier alpha value is -0.300. The van der Waals surface area contributed by atoms with E-state index in [-0.39, 0.29) is 0 Å². The molecule has 0 fully saturated rings. The molecule has 0 saturated heterocycles. The molecule has 1 heteroatoms. The van der Waals surface area contributed by atoms with Gasteiger partial charge in [0.2, 0.25) is 0 Å². The first kappa shape index (κ1) is 3.67. The topological polar surface area (TPSA) is 0 Å². The van der Waals surface area contributed by atoms with Gasteiger partial charge < -0.3 is 0 Å². The second-order valence-corrected chi connectivity index (χ2v) is 2.47. The van der Waals surface area contributed by atoms with E-state index in [2.05, 4.69) is 15.9 Å². The molecule has 0 atom stereocenters. The molecular weight excluding hydrogens is 164 g/mol. The zero-order valence-corrected chi connectivity index (χ0v) is 5.85. The van der Waals surface area contributed by atoms with Gasteiger partial charge in [-0.15, -0.1) is 0 Å². The van der Waals surface area contributed by atoms with Gasteiger partial charge in [-0.1, -0.05) is 33.6 Å². The third kappa shape index (κ3) is 1.34. The molecule has 0 N–H and O–H groups in total. The van der Waals surface area contributed by atoms with Crippen LogP contribution in [0.2, 0.25) is 0 Å².